The molecular formula is C16H21NS. The van der Waals surface area contributed by atoms with E-state index >= 15 is 0 Å². The smallest absolute Gasteiger partial charge is 0.0929 e. The van der Waals surface area contributed by atoms with Crippen LogP contribution in [0, 0.1) is 6.92 Å². The van der Waals surface area contributed by atoms with Crippen molar-refractivity contribution in [1.82, 2.24) is 4.98 Å². The van der Waals surface area contributed by atoms with Gasteiger partial charge < -0.3 is 0 Å². The number of rotatable bonds is 2. The molecule has 96 valence electrons. The van der Waals surface area contributed by atoms with Gasteiger partial charge in [-0.15, -0.1) is 11.3 Å². The molecule has 0 fully saturated rings. The molecule has 2 heteroatoms. The Bertz CT molecular complexity index is 546. The molecule has 0 amide bonds. The second kappa shape index (κ2) is 4.85. The van der Waals surface area contributed by atoms with Crippen molar-refractivity contribution in [2.45, 2.75) is 46.5 Å². The van der Waals surface area contributed by atoms with Crippen molar-refractivity contribution < 1.29 is 0 Å². The normalized spacial score (nSPS) is 11.8. The van der Waals surface area contributed by atoms with Crippen LogP contribution in [0.15, 0.2) is 23.6 Å². The monoisotopic (exact) mass is 259 g/mol. The SMILES string of the molecule is CCc1nc(-c2cc(C(C)(C)C)ccc2C)cs1. The van der Waals surface area contributed by atoms with Gasteiger partial charge in [-0.05, 0) is 36.0 Å². The van der Waals surface area contributed by atoms with Gasteiger partial charge in [-0.1, -0.05) is 39.8 Å². The first-order chi connectivity index (χ1) is 8.41. The van der Waals surface area contributed by atoms with E-state index in [1.165, 1.54) is 21.7 Å². The van der Waals surface area contributed by atoms with Gasteiger partial charge in [-0.2, -0.15) is 0 Å². The minimum absolute atomic E-state index is 0.187. The van der Waals surface area contributed by atoms with Gasteiger partial charge >= 0.3 is 0 Å². The molecule has 18 heavy (non-hydrogen) atoms. The lowest BCUT2D eigenvalue weighted by molar-refractivity contribution is 0.590. The lowest BCUT2D eigenvalue weighted by Crippen LogP contribution is -2.11. The first-order valence-corrected chi connectivity index (χ1v) is 7.35. The van der Waals surface area contributed by atoms with E-state index in [0.29, 0.717) is 0 Å². The number of thiazole rings is 1. The zero-order valence-electron chi connectivity index (χ0n) is 11.9. The van der Waals surface area contributed by atoms with Crippen LogP contribution < -0.4 is 0 Å². The number of aryl methyl sites for hydroxylation is 2. The summed E-state index contributed by atoms with van der Waals surface area (Å²) < 4.78 is 0. The Morgan fingerprint density at radius 2 is 1.94 bits per heavy atom. The lowest BCUT2D eigenvalue weighted by atomic mass is 9.85. The number of hydrogen-bond donors (Lipinski definition) is 0. The molecule has 0 aliphatic carbocycles. The highest BCUT2D eigenvalue weighted by atomic mass is 32.1. The number of benzene rings is 1. The van der Waals surface area contributed by atoms with E-state index in [1.54, 1.807) is 11.3 Å². The van der Waals surface area contributed by atoms with E-state index in [1.807, 2.05) is 0 Å². The summed E-state index contributed by atoms with van der Waals surface area (Å²) >= 11 is 1.76. The highest BCUT2D eigenvalue weighted by Crippen LogP contribution is 2.30. The number of aromatic nitrogens is 1. The molecule has 0 aliphatic rings. The average Bonchev–Trinajstić information content (AvgIpc) is 2.76. The van der Waals surface area contributed by atoms with Gasteiger partial charge in [0.25, 0.3) is 0 Å². The van der Waals surface area contributed by atoms with Gasteiger partial charge in [-0.25, -0.2) is 4.98 Å². The van der Waals surface area contributed by atoms with Crippen LogP contribution in [0.4, 0.5) is 0 Å². The molecule has 0 saturated heterocycles. The standard InChI is InChI=1S/C16H21NS/c1-6-15-17-14(10-18-15)13-9-12(16(3,4)5)8-7-11(13)2/h7-10H,6H2,1-5H3. The number of nitrogens with zero attached hydrogens (tertiary/aromatic N) is 1. The third-order valence-electron chi connectivity index (χ3n) is 3.23. The summed E-state index contributed by atoms with van der Waals surface area (Å²) in [6.45, 7) is 11.1. The fraction of sp³-hybridized carbons (Fsp3) is 0.438. The summed E-state index contributed by atoms with van der Waals surface area (Å²) in [7, 11) is 0. The third-order valence-corrected chi connectivity index (χ3v) is 4.23. The minimum Gasteiger partial charge on any atom is -0.241 e. The van der Waals surface area contributed by atoms with Gasteiger partial charge in [0.15, 0.2) is 0 Å². The van der Waals surface area contributed by atoms with Crippen LogP contribution in [0.5, 0.6) is 0 Å². The summed E-state index contributed by atoms with van der Waals surface area (Å²) in [5, 5.41) is 3.39. The van der Waals surface area contributed by atoms with Crippen molar-refractivity contribution >= 4 is 11.3 Å². The van der Waals surface area contributed by atoms with Crippen molar-refractivity contribution in [3.05, 3.63) is 39.7 Å². The highest BCUT2D eigenvalue weighted by Gasteiger charge is 2.16. The maximum Gasteiger partial charge on any atom is 0.0929 e. The molecule has 2 rings (SSSR count). The maximum absolute atomic E-state index is 4.70. The van der Waals surface area contributed by atoms with Crippen molar-refractivity contribution in [1.29, 1.82) is 0 Å². The van der Waals surface area contributed by atoms with Gasteiger partial charge in [-0.3, -0.25) is 0 Å². The topological polar surface area (TPSA) is 12.9 Å². The van der Waals surface area contributed by atoms with E-state index in [2.05, 4.69) is 58.2 Å². The molecule has 1 heterocycles. The maximum atomic E-state index is 4.70. The van der Waals surface area contributed by atoms with E-state index in [0.717, 1.165) is 12.1 Å². The van der Waals surface area contributed by atoms with Gasteiger partial charge in [0.1, 0.15) is 0 Å². The average molecular weight is 259 g/mol. The molecule has 0 saturated carbocycles. The molecule has 0 aliphatic heterocycles. The Morgan fingerprint density at radius 3 is 2.50 bits per heavy atom. The Balaban J connectivity index is 2.49. The second-order valence-corrected chi connectivity index (χ2v) is 6.70. The molecule has 2 aromatic rings. The molecule has 0 atom stereocenters. The van der Waals surface area contributed by atoms with Crippen molar-refractivity contribution in [3.63, 3.8) is 0 Å². The Morgan fingerprint density at radius 1 is 1.22 bits per heavy atom. The van der Waals surface area contributed by atoms with E-state index in [9.17, 15) is 0 Å². The van der Waals surface area contributed by atoms with Crippen LogP contribution in [-0.4, -0.2) is 4.98 Å². The zero-order chi connectivity index (χ0) is 13.3. The van der Waals surface area contributed by atoms with Crippen LogP contribution >= 0.6 is 11.3 Å². The molecule has 1 aromatic heterocycles. The zero-order valence-corrected chi connectivity index (χ0v) is 12.7. The summed E-state index contributed by atoms with van der Waals surface area (Å²) in [4.78, 5) is 4.70. The van der Waals surface area contributed by atoms with Crippen molar-refractivity contribution in [3.8, 4) is 11.3 Å². The number of hydrogen-bond acceptors (Lipinski definition) is 2. The molecule has 0 unspecified atom stereocenters. The molecule has 1 aromatic carbocycles. The summed E-state index contributed by atoms with van der Waals surface area (Å²) in [5.74, 6) is 0. The quantitative estimate of drug-likeness (QED) is 0.741. The van der Waals surface area contributed by atoms with Crippen LogP contribution in [0.1, 0.15) is 43.8 Å². The van der Waals surface area contributed by atoms with Gasteiger partial charge in [0.2, 0.25) is 0 Å². The third kappa shape index (κ3) is 2.64. The highest BCUT2D eigenvalue weighted by molar-refractivity contribution is 7.09. The molecule has 0 spiro atoms. The van der Waals surface area contributed by atoms with E-state index in [4.69, 9.17) is 4.98 Å². The fourth-order valence-electron chi connectivity index (χ4n) is 1.96. The summed E-state index contributed by atoms with van der Waals surface area (Å²) in [6.07, 6.45) is 1.02. The van der Waals surface area contributed by atoms with Crippen LogP contribution in [0.3, 0.4) is 0 Å². The van der Waals surface area contributed by atoms with Crippen molar-refractivity contribution in [2.75, 3.05) is 0 Å². The molecule has 0 radical (unpaired) electrons. The van der Waals surface area contributed by atoms with Crippen LogP contribution in [0.25, 0.3) is 11.3 Å². The van der Waals surface area contributed by atoms with Crippen LogP contribution in [-0.2, 0) is 11.8 Å². The Kier molecular flexibility index (Phi) is 3.58. The van der Waals surface area contributed by atoms with Crippen LogP contribution in [0.2, 0.25) is 0 Å². The Labute approximate surface area is 114 Å². The predicted octanol–water partition coefficient (Wildman–Crippen LogP) is 4.98. The summed E-state index contributed by atoms with van der Waals surface area (Å²) in [5.41, 5.74) is 5.26. The molecule has 1 nitrogen and oxygen atoms in total. The first-order valence-electron chi connectivity index (χ1n) is 6.47. The predicted molar refractivity (Wildman–Crippen MR) is 80.4 cm³/mol. The van der Waals surface area contributed by atoms with Gasteiger partial charge in [0, 0.05) is 10.9 Å². The first kappa shape index (κ1) is 13.3. The largest absolute Gasteiger partial charge is 0.241 e. The van der Waals surface area contributed by atoms with Crippen molar-refractivity contribution in [2.24, 2.45) is 0 Å². The molecular weight excluding hydrogens is 238 g/mol. The van der Waals surface area contributed by atoms with Gasteiger partial charge in [0.05, 0.1) is 10.7 Å². The fourth-order valence-corrected chi connectivity index (χ4v) is 2.71. The Hall–Kier alpha value is -1.15. The molecule has 0 N–H and O–H groups in total. The lowest BCUT2D eigenvalue weighted by Gasteiger charge is -2.20. The molecule has 0 bridgehead atoms. The van der Waals surface area contributed by atoms with E-state index < -0.39 is 0 Å². The summed E-state index contributed by atoms with van der Waals surface area (Å²) in [6, 6.07) is 6.73. The second-order valence-electron chi connectivity index (χ2n) is 5.76. The minimum atomic E-state index is 0.187. The van der Waals surface area contributed by atoms with E-state index in [-0.39, 0.29) is 5.41 Å².